The van der Waals surface area contributed by atoms with Gasteiger partial charge in [-0.1, -0.05) is 6.07 Å². The number of nitro benzene ring substituents is 1. The number of amides is 2. The second-order valence-corrected chi connectivity index (χ2v) is 8.08. The molecule has 2 amide bonds. The second kappa shape index (κ2) is 11.8. The van der Waals surface area contributed by atoms with E-state index in [-0.39, 0.29) is 36.9 Å². The van der Waals surface area contributed by atoms with Crippen LogP contribution in [0.3, 0.4) is 0 Å². The molecule has 0 radical (unpaired) electrons. The van der Waals surface area contributed by atoms with Crippen LogP contribution in [0.15, 0.2) is 60.7 Å². The molecular weight excluding hydrogens is 496 g/mol. The number of non-ortho nitro benzene ring substituents is 1. The zero-order chi connectivity index (χ0) is 27.1. The quantitative estimate of drug-likeness (QED) is 0.207. The molecule has 0 atom stereocenters. The molecule has 0 fully saturated rings. The molecule has 0 saturated heterocycles. The van der Waals surface area contributed by atoms with Gasteiger partial charge in [-0.3, -0.25) is 19.7 Å². The van der Waals surface area contributed by atoms with Gasteiger partial charge in [-0.25, -0.2) is 4.79 Å². The Bertz CT molecular complexity index is 1370. The van der Waals surface area contributed by atoms with Crippen LogP contribution in [0.1, 0.15) is 33.2 Å². The summed E-state index contributed by atoms with van der Waals surface area (Å²) in [4.78, 5) is 48.0. The van der Waals surface area contributed by atoms with Crippen LogP contribution in [0.5, 0.6) is 11.5 Å². The summed E-state index contributed by atoms with van der Waals surface area (Å²) in [5.41, 5.74) is 1.22. The summed E-state index contributed by atoms with van der Waals surface area (Å²) in [5.74, 6) is -0.342. The molecule has 196 valence electrons. The van der Waals surface area contributed by atoms with Crippen LogP contribution in [0.2, 0.25) is 0 Å². The SMILES string of the molecule is CCOC(=O)c1ccc(NC(=O)c2cc([N+](=O)[O-])ccc2NC(=O)CNCc2ccc3c(c2)OCO3)cc1. The van der Waals surface area contributed by atoms with Crippen LogP contribution in [0.4, 0.5) is 17.1 Å². The third-order valence-electron chi connectivity index (χ3n) is 5.44. The summed E-state index contributed by atoms with van der Waals surface area (Å²) in [6.45, 7) is 2.38. The van der Waals surface area contributed by atoms with Gasteiger partial charge in [-0.15, -0.1) is 0 Å². The van der Waals surface area contributed by atoms with E-state index in [1.807, 2.05) is 12.1 Å². The lowest BCUT2D eigenvalue weighted by atomic mass is 10.1. The third kappa shape index (κ3) is 6.42. The van der Waals surface area contributed by atoms with E-state index in [9.17, 15) is 24.5 Å². The predicted molar refractivity (Wildman–Crippen MR) is 136 cm³/mol. The number of hydrogen-bond donors (Lipinski definition) is 3. The Balaban J connectivity index is 1.41. The van der Waals surface area contributed by atoms with Crippen molar-refractivity contribution >= 4 is 34.8 Å². The summed E-state index contributed by atoms with van der Waals surface area (Å²) < 4.78 is 15.5. The van der Waals surface area contributed by atoms with E-state index in [0.717, 1.165) is 11.6 Å². The highest BCUT2D eigenvalue weighted by molar-refractivity contribution is 6.10. The van der Waals surface area contributed by atoms with Crippen LogP contribution < -0.4 is 25.4 Å². The number of anilines is 2. The van der Waals surface area contributed by atoms with Crippen LogP contribution >= 0.6 is 0 Å². The maximum atomic E-state index is 13.0. The number of hydrogen-bond acceptors (Lipinski definition) is 9. The Labute approximate surface area is 217 Å². The fourth-order valence-corrected chi connectivity index (χ4v) is 3.61. The normalized spacial score (nSPS) is 11.5. The molecule has 3 aromatic carbocycles. The first kappa shape index (κ1) is 26.1. The van der Waals surface area contributed by atoms with Crippen molar-refractivity contribution in [3.63, 3.8) is 0 Å². The first-order chi connectivity index (χ1) is 18.3. The van der Waals surface area contributed by atoms with Gasteiger partial charge in [0.2, 0.25) is 12.7 Å². The Morgan fingerprint density at radius 1 is 0.974 bits per heavy atom. The summed E-state index contributed by atoms with van der Waals surface area (Å²) in [6, 6.07) is 15.0. The number of carbonyl (C=O) groups excluding carboxylic acids is 3. The van der Waals surface area contributed by atoms with Crippen molar-refractivity contribution in [2.24, 2.45) is 0 Å². The van der Waals surface area contributed by atoms with Gasteiger partial charge >= 0.3 is 5.97 Å². The molecule has 0 bridgehead atoms. The minimum atomic E-state index is -0.679. The van der Waals surface area contributed by atoms with E-state index < -0.39 is 22.7 Å². The Morgan fingerprint density at radius 3 is 2.47 bits per heavy atom. The van der Waals surface area contributed by atoms with Gasteiger partial charge < -0.3 is 30.2 Å². The van der Waals surface area contributed by atoms with E-state index in [0.29, 0.717) is 29.3 Å². The van der Waals surface area contributed by atoms with Gasteiger partial charge in [-0.05, 0) is 55.0 Å². The molecule has 0 aliphatic carbocycles. The molecule has 3 N–H and O–H groups in total. The standard InChI is InChI=1S/C26H24N4O8/c1-2-36-26(33)17-4-6-18(7-5-17)28-25(32)20-12-19(30(34)35)8-9-21(20)29-24(31)14-27-13-16-3-10-22-23(11-16)38-15-37-22/h3-12,27H,2,13-15H2,1H3,(H,28,32)(H,29,31). The number of nitrogens with one attached hydrogen (secondary N) is 3. The zero-order valence-electron chi connectivity index (χ0n) is 20.3. The summed E-state index contributed by atoms with van der Waals surface area (Å²) in [7, 11) is 0. The highest BCUT2D eigenvalue weighted by Crippen LogP contribution is 2.32. The fourth-order valence-electron chi connectivity index (χ4n) is 3.61. The molecule has 0 saturated carbocycles. The summed E-state index contributed by atoms with van der Waals surface area (Å²) >= 11 is 0. The molecule has 3 aromatic rings. The van der Waals surface area contributed by atoms with E-state index in [2.05, 4.69) is 16.0 Å². The van der Waals surface area contributed by atoms with Crippen molar-refractivity contribution in [3.05, 3.63) is 87.5 Å². The Hall–Kier alpha value is -4.97. The highest BCUT2D eigenvalue weighted by atomic mass is 16.7. The number of carbonyl (C=O) groups is 3. The van der Waals surface area contributed by atoms with Crippen molar-refractivity contribution in [1.29, 1.82) is 0 Å². The van der Waals surface area contributed by atoms with Crippen LogP contribution in [-0.2, 0) is 16.1 Å². The van der Waals surface area contributed by atoms with Crippen molar-refractivity contribution in [2.75, 3.05) is 30.6 Å². The number of nitrogens with zero attached hydrogens (tertiary/aromatic N) is 1. The highest BCUT2D eigenvalue weighted by Gasteiger charge is 2.19. The van der Waals surface area contributed by atoms with Gasteiger partial charge in [0.25, 0.3) is 11.6 Å². The smallest absolute Gasteiger partial charge is 0.338 e. The molecule has 0 spiro atoms. The number of ether oxygens (including phenoxy) is 3. The molecule has 1 heterocycles. The van der Waals surface area contributed by atoms with E-state index >= 15 is 0 Å². The maximum Gasteiger partial charge on any atom is 0.338 e. The third-order valence-corrected chi connectivity index (χ3v) is 5.44. The minimum Gasteiger partial charge on any atom is -0.462 e. The van der Waals surface area contributed by atoms with Gasteiger partial charge in [-0.2, -0.15) is 0 Å². The fraction of sp³-hybridized carbons (Fsp3) is 0.192. The second-order valence-electron chi connectivity index (χ2n) is 8.08. The topological polar surface area (TPSA) is 158 Å². The van der Waals surface area contributed by atoms with Crippen LogP contribution in [-0.4, -0.2) is 42.7 Å². The van der Waals surface area contributed by atoms with Crippen LogP contribution in [0.25, 0.3) is 0 Å². The number of nitro groups is 1. The first-order valence-corrected chi connectivity index (χ1v) is 11.6. The van der Waals surface area contributed by atoms with E-state index in [4.69, 9.17) is 14.2 Å². The molecular formula is C26H24N4O8. The molecule has 12 nitrogen and oxygen atoms in total. The number of benzene rings is 3. The summed E-state index contributed by atoms with van der Waals surface area (Å²) in [5, 5.41) is 19.5. The number of rotatable bonds is 10. The molecule has 38 heavy (non-hydrogen) atoms. The maximum absolute atomic E-state index is 13.0. The minimum absolute atomic E-state index is 0.0815. The average Bonchev–Trinajstić information content (AvgIpc) is 3.37. The van der Waals surface area contributed by atoms with Gasteiger partial charge in [0.05, 0.1) is 34.9 Å². The number of esters is 1. The van der Waals surface area contributed by atoms with E-state index in [1.165, 1.54) is 36.4 Å². The lowest BCUT2D eigenvalue weighted by molar-refractivity contribution is -0.384. The largest absolute Gasteiger partial charge is 0.462 e. The summed E-state index contributed by atoms with van der Waals surface area (Å²) in [6.07, 6.45) is 0. The Kier molecular flexibility index (Phi) is 8.14. The van der Waals surface area contributed by atoms with Gasteiger partial charge in [0.15, 0.2) is 11.5 Å². The van der Waals surface area contributed by atoms with Gasteiger partial charge in [0.1, 0.15) is 0 Å². The lowest BCUT2D eigenvalue weighted by Gasteiger charge is -2.12. The predicted octanol–water partition coefficient (Wildman–Crippen LogP) is 3.48. The number of fused-ring (bicyclic) bond motifs is 1. The first-order valence-electron chi connectivity index (χ1n) is 11.6. The Morgan fingerprint density at radius 2 is 1.74 bits per heavy atom. The van der Waals surface area contributed by atoms with Crippen molar-refractivity contribution in [1.82, 2.24) is 5.32 Å². The molecule has 0 unspecified atom stereocenters. The molecule has 4 rings (SSSR count). The lowest BCUT2D eigenvalue weighted by Crippen LogP contribution is -2.28. The molecule has 1 aliphatic rings. The average molecular weight is 520 g/mol. The molecule has 12 heteroatoms. The zero-order valence-corrected chi connectivity index (χ0v) is 20.3. The van der Waals surface area contributed by atoms with Crippen LogP contribution in [0, 0.1) is 10.1 Å². The van der Waals surface area contributed by atoms with Crippen molar-refractivity contribution in [2.45, 2.75) is 13.5 Å². The molecule has 1 aliphatic heterocycles. The van der Waals surface area contributed by atoms with E-state index in [1.54, 1.807) is 13.0 Å². The monoisotopic (exact) mass is 520 g/mol. The van der Waals surface area contributed by atoms with Crippen molar-refractivity contribution < 1.29 is 33.5 Å². The van der Waals surface area contributed by atoms with Crippen molar-refractivity contribution in [3.8, 4) is 11.5 Å². The molecule has 0 aromatic heterocycles. The van der Waals surface area contributed by atoms with Gasteiger partial charge in [0, 0.05) is 24.4 Å².